The van der Waals surface area contributed by atoms with Crippen LogP contribution in [0.5, 0.6) is 11.6 Å². The number of rotatable bonds is 14. The summed E-state index contributed by atoms with van der Waals surface area (Å²) < 4.78 is 20.1. The molecule has 1 fully saturated rings. The fraction of sp³-hybridized carbons (Fsp3) is 0.500. The Bertz CT molecular complexity index is 1070. The highest BCUT2D eigenvalue weighted by Gasteiger charge is 2.26. The Hall–Kier alpha value is -2.71. The third-order valence-corrected chi connectivity index (χ3v) is 6.41. The monoisotopic (exact) mass is 507 g/mol. The molecule has 0 radical (unpaired) electrons. The van der Waals surface area contributed by atoms with Gasteiger partial charge in [0.2, 0.25) is 5.88 Å². The van der Waals surface area contributed by atoms with Gasteiger partial charge in [0.05, 0.1) is 35.8 Å². The Morgan fingerprint density at radius 1 is 1.08 bits per heavy atom. The van der Waals surface area contributed by atoms with Gasteiger partial charge in [0, 0.05) is 32.8 Å². The molecule has 7 nitrogen and oxygen atoms in total. The molecule has 2 heterocycles. The van der Waals surface area contributed by atoms with E-state index >= 15 is 0 Å². The highest BCUT2D eigenvalue weighted by atomic mass is 16.5. The first kappa shape index (κ1) is 27.3. The second-order valence-corrected chi connectivity index (χ2v) is 10.2. The van der Waals surface area contributed by atoms with E-state index < -0.39 is 6.10 Å². The molecule has 3 aromatic rings. The zero-order valence-corrected chi connectivity index (χ0v) is 22.4. The van der Waals surface area contributed by atoms with E-state index in [0.717, 1.165) is 55.1 Å². The molecular formula is C30H41N3O4. The van der Waals surface area contributed by atoms with Crippen LogP contribution in [0.2, 0.25) is 0 Å². The third-order valence-electron chi connectivity index (χ3n) is 6.41. The molecule has 7 heteroatoms. The van der Waals surface area contributed by atoms with Crippen LogP contribution in [0.1, 0.15) is 44.9 Å². The van der Waals surface area contributed by atoms with Crippen LogP contribution < -0.4 is 4.74 Å². The lowest BCUT2D eigenvalue weighted by Gasteiger charge is -2.28. The molecule has 0 spiro atoms. The van der Waals surface area contributed by atoms with Crippen molar-refractivity contribution >= 4 is 0 Å². The van der Waals surface area contributed by atoms with Crippen molar-refractivity contribution in [1.29, 1.82) is 0 Å². The van der Waals surface area contributed by atoms with E-state index in [1.165, 1.54) is 0 Å². The lowest BCUT2D eigenvalue weighted by Crippen LogP contribution is -2.39. The van der Waals surface area contributed by atoms with Crippen LogP contribution in [0.15, 0.2) is 60.7 Å². The molecule has 0 bridgehead atoms. The highest BCUT2D eigenvalue weighted by Crippen LogP contribution is 2.32. The zero-order chi connectivity index (χ0) is 26.0. The van der Waals surface area contributed by atoms with Gasteiger partial charge in [0.1, 0.15) is 5.75 Å². The van der Waals surface area contributed by atoms with Crippen molar-refractivity contribution in [3.63, 3.8) is 0 Å². The number of nitrogens with zero attached hydrogens (tertiary/aromatic N) is 3. The summed E-state index contributed by atoms with van der Waals surface area (Å²) in [6.45, 7) is 9.92. The number of aromatic nitrogens is 2. The molecular weight excluding hydrogens is 466 g/mol. The van der Waals surface area contributed by atoms with Crippen LogP contribution in [0.3, 0.4) is 0 Å². The molecule has 4 rings (SSSR count). The summed E-state index contributed by atoms with van der Waals surface area (Å²) in [6, 6.07) is 19.9. The third kappa shape index (κ3) is 7.89. The summed E-state index contributed by atoms with van der Waals surface area (Å²) in [5, 5.41) is 15.8. The Kier molecular flexibility index (Phi) is 10.1. The Morgan fingerprint density at radius 2 is 1.81 bits per heavy atom. The average molecular weight is 508 g/mol. The van der Waals surface area contributed by atoms with Gasteiger partial charge in [-0.2, -0.15) is 5.10 Å². The van der Waals surface area contributed by atoms with Gasteiger partial charge in [-0.25, -0.2) is 4.68 Å². The average Bonchev–Trinajstić information content (AvgIpc) is 3.53. The molecule has 2 atom stereocenters. The molecule has 1 saturated heterocycles. The van der Waals surface area contributed by atoms with Crippen LogP contribution in [-0.4, -0.2) is 64.9 Å². The van der Waals surface area contributed by atoms with Crippen LogP contribution in [0, 0.1) is 5.92 Å². The maximum atomic E-state index is 10.8. The van der Waals surface area contributed by atoms with Gasteiger partial charge < -0.3 is 19.3 Å². The first-order valence-corrected chi connectivity index (χ1v) is 13.5. The van der Waals surface area contributed by atoms with Gasteiger partial charge in [-0.05, 0) is 49.4 Å². The van der Waals surface area contributed by atoms with Crippen molar-refractivity contribution in [2.45, 2.75) is 58.8 Å². The Labute approximate surface area is 221 Å². The number of aliphatic hydroxyl groups is 1. The van der Waals surface area contributed by atoms with Gasteiger partial charge in [0.25, 0.3) is 0 Å². The molecule has 2 unspecified atom stereocenters. The molecule has 1 N–H and O–H groups in total. The summed E-state index contributed by atoms with van der Waals surface area (Å²) in [6.07, 6.45) is 2.46. The molecule has 1 aliphatic rings. The summed E-state index contributed by atoms with van der Waals surface area (Å²) >= 11 is 0. The largest absolute Gasteiger partial charge is 0.439 e. The fourth-order valence-electron chi connectivity index (χ4n) is 4.66. The molecule has 200 valence electrons. The first-order valence-electron chi connectivity index (χ1n) is 13.5. The van der Waals surface area contributed by atoms with Crippen molar-refractivity contribution in [1.82, 2.24) is 14.7 Å². The van der Waals surface area contributed by atoms with Crippen LogP contribution in [-0.2, 0) is 22.4 Å². The zero-order valence-electron chi connectivity index (χ0n) is 22.4. The van der Waals surface area contributed by atoms with Crippen molar-refractivity contribution in [3.8, 4) is 17.3 Å². The minimum Gasteiger partial charge on any atom is -0.439 e. The van der Waals surface area contributed by atoms with Gasteiger partial charge in [-0.1, -0.05) is 57.2 Å². The van der Waals surface area contributed by atoms with Crippen molar-refractivity contribution in [2.24, 2.45) is 5.92 Å². The molecule has 1 aromatic heterocycles. The normalized spacial score (nSPS) is 16.5. The summed E-state index contributed by atoms with van der Waals surface area (Å²) in [7, 11) is 0. The molecule has 0 aliphatic carbocycles. The molecule has 1 aliphatic heterocycles. The fourth-order valence-corrected chi connectivity index (χ4v) is 4.66. The maximum Gasteiger partial charge on any atom is 0.227 e. The maximum absolute atomic E-state index is 10.8. The van der Waals surface area contributed by atoms with Crippen LogP contribution in [0.25, 0.3) is 5.69 Å². The lowest BCUT2D eigenvalue weighted by molar-refractivity contribution is -0.00407. The Morgan fingerprint density at radius 3 is 2.46 bits per heavy atom. The minimum absolute atomic E-state index is 0.163. The highest BCUT2D eigenvalue weighted by molar-refractivity contribution is 5.43. The van der Waals surface area contributed by atoms with Gasteiger partial charge in [0.15, 0.2) is 0 Å². The van der Waals surface area contributed by atoms with E-state index in [1.807, 2.05) is 65.3 Å². The number of aryl methyl sites for hydroxylation is 1. The van der Waals surface area contributed by atoms with E-state index in [4.69, 9.17) is 19.3 Å². The second-order valence-electron chi connectivity index (χ2n) is 10.2. The number of hydrogen-bond acceptors (Lipinski definition) is 6. The molecule has 2 aromatic carbocycles. The number of aliphatic hydroxyl groups excluding tert-OH is 1. The van der Waals surface area contributed by atoms with Crippen LogP contribution in [0.4, 0.5) is 0 Å². The van der Waals surface area contributed by atoms with E-state index in [2.05, 4.69) is 25.7 Å². The van der Waals surface area contributed by atoms with Crippen molar-refractivity contribution in [3.05, 3.63) is 71.9 Å². The number of benzene rings is 2. The summed E-state index contributed by atoms with van der Waals surface area (Å²) in [5.74, 6) is 1.90. The van der Waals surface area contributed by atoms with Crippen molar-refractivity contribution in [2.75, 3.05) is 32.9 Å². The van der Waals surface area contributed by atoms with E-state index in [0.29, 0.717) is 38.1 Å². The van der Waals surface area contributed by atoms with E-state index in [-0.39, 0.29) is 6.10 Å². The summed E-state index contributed by atoms with van der Waals surface area (Å²) in [5.41, 5.74) is 2.96. The topological polar surface area (TPSA) is 69.0 Å². The van der Waals surface area contributed by atoms with Gasteiger partial charge >= 0.3 is 0 Å². The summed E-state index contributed by atoms with van der Waals surface area (Å²) in [4.78, 5) is 2.27. The molecule has 0 saturated carbocycles. The Balaban J connectivity index is 1.63. The second kappa shape index (κ2) is 13.7. The quantitative estimate of drug-likeness (QED) is 0.322. The predicted molar refractivity (Wildman–Crippen MR) is 145 cm³/mol. The van der Waals surface area contributed by atoms with E-state index in [1.54, 1.807) is 0 Å². The van der Waals surface area contributed by atoms with Crippen LogP contribution >= 0.6 is 0 Å². The van der Waals surface area contributed by atoms with E-state index in [9.17, 15) is 5.11 Å². The first-order chi connectivity index (χ1) is 18.0. The molecule has 37 heavy (non-hydrogen) atoms. The minimum atomic E-state index is -0.590. The number of hydrogen-bond donors (Lipinski definition) is 1. The van der Waals surface area contributed by atoms with Gasteiger partial charge in [-0.3, -0.25) is 4.90 Å². The van der Waals surface area contributed by atoms with Gasteiger partial charge in [-0.15, -0.1) is 0 Å². The number of para-hydroxylation sites is 2. The standard InChI is InChI=1S/C30H41N3O4/c1-4-29-28(20-32(19-27-16-11-17-36-27)18-25(34)22-35-21-23(2)3)30(37-26-14-9-6-10-15-26)33(31-29)24-12-7-5-8-13-24/h5-10,12-15,23,25,27,34H,4,11,16-22H2,1-3H3. The smallest absolute Gasteiger partial charge is 0.227 e. The number of ether oxygens (including phenoxy) is 3. The molecule has 0 amide bonds. The SMILES string of the molecule is CCc1nn(-c2ccccc2)c(Oc2ccccc2)c1CN(CC(O)COCC(C)C)CC1CCCO1. The van der Waals surface area contributed by atoms with Crippen molar-refractivity contribution < 1.29 is 19.3 Å². The lowest BCUT2D eigenvalue weighted by atomic mass is 10.1. The predicted octanol–water partition coefficient (Wildman–Crippen LogP) is 5.24.